The largest absolute Gasteiger partial charge is 0.476 e. The molecule has 33 heavy (non-hydrogen) atoms. The van der Waals surface area contributed by atoms with Crippen LogP contribution in [0.3, 0.4) is 0 Å². The summed E-state index contributed by atoms with van der Waals surface area (Å²) in [5.41, 5.74) is 9.10. The van der Waals surface area contributed by atoms with E-state index < -0.39 is 6.10 Å². The van der Waals surface area contributed by atoms with Gasteiger partial charge in [0.05, 0.1) is 10.7 Å². The summed E-state index contributed by atoms with van der Waals surface area (Å²) in [6.45, 7) is 1.91. The van der Waals surface area contributed by atoms with Gasteiger partial charge in [-0.1, -0.05) is 54.1 Å². The molecule has 4 N–H and O–H groups in total. The fraction of sp³-hybridized carbons (Fsp3) is 0.0769. The quantitative estimate of drug-likeness (QED) is 0.253. The second-order valence-electron chi connectivity index (χ2n) is 7.55. The SMILES string of the molecule is Cc1cc(-n2cccc2)c(Cl)cc1NC(=O)C(Oc1cccc(C(=N)N)c1)c1ccccc1. The van der Waals surface area contributed by atoms with Gasteiger partial charge >= 0.3 is 0 Å². The predicted molar refractivity (Wildman–Crippen MR) is 131 cm³/mol. The molecule has 0 aliphatic rings. The Balaban J connectivity index is 1.63. The van der Waals surface area contributed by atoms with Crippen molar-refractivity contribution in [3.05, 3.63) is 113 Å². The third-order valence-corrected chi connectivity index (χ3v) is 5.48. The molecule has 166 valence electrons. The summed E-state index contributed by atoms with van der Waals surface area (Å²) in [6.07, 6.45) is 2.90. The number of benzene rings is 3. The Bertz CT molecular complexity index is 1290. The smallest absolute Gasteiger partial charge is 0.270 e. The Labute approximate surface area is 197 Å². The topological polar surface area (TPSA) is 93.1 Å². The van der Waals surface area contributed by atoms with Crippen molar-refractivity contribution >= 4 is 29.0 Å². The highest BCUT2D eigenvalue weighted by Gasteiger charge is 2.24. The summed E-state index contributed by atoms with van der Waals surface area (Å²) < 4.78 is 7.99. The molecule has 1 heterocycles. The van der Waals surface area contributed by atoms with E-state index in [1.54, 1.807) is 30.3 Å². The Morgan fingerprint density at radius 1 is 1.03 bits per heavy atom. The Morgan fingerprint density at radius 2 is 1.76 bits per heavy atom. The number of carbonyl (C=O) groups is 1. The Hall–Kier alpha value is -4.03. The van der Waals surface area contributed by atoms with Gasteiger partial charge in [-0.05, 0) is 48.9 Å². The molecular formula is C26H23ClN4O2. The van der Waals surface area contributed by atoms with Crippen LogP contribution in [-0.4, -0.2) is 16.3 Å². The molecule has 7 heteroatoms. The lowest BCUT2D eigenvalue weighted by Crippen LogP contribution is -2.26. The molecule has 4 rings (SSSR count). The molecule has 0 saturated carbocycles. The van der Waals surface area contributed by atoms with E-state index in [0.29, 0.717) is 27.6 Å². The number of nitrogens with two attached hydrogens (primary N) is 1. The number of nitrogen functional groups attached to an aromatic ring is 1. The van der Waals surface area contributed by atoms with Crippen LogP contribution in [0, 0.1) is 12.3 Å². The first-order valence-electron chi connectivity index (χ1n) is 10.3. The molecular weight excluding hydrogens is 436 g/mol. The van der Waals surface area contributed by atoms with Crippen molar-refractivity contribution in [2.24, 2.45) is 5.73 Å². The van der Waals surface area contributed by atoms with Gasteiger partial charge in [0.2, 0.25) is 6.10 Å². The first-order chi connectivity index (χ1) is 15.9. The fourth-order valence-electron chi connectivity index (χ4n) is 3.47. The van der Waals surface area contributed by atoms with Crippen LogP contribution in [0.25, 0.3) is 5.69 Å². The van der Waals surface area contributed by atoms with Crippen LogP contribution < -0.4 is 15.8 Å². The Kier molecular flexibility index (Phi) is 6.47. The van der Waals surface area contributed by atoms with Gasteiger partial charge in [0.15, 0.2) is 0 Å². The molecule has 0 bridgehead atoms. The summed E-state index contributed by atoms with van der Waals surface area (Å²) >= 11 is 6.51. The van der Waals surface area contributed by atoms with Crippen LogP contribution in [-0.2, 0) is 4.79 Å². The molecule has 1 unspecified atom stereocenters. The molecule has 1 amide bonds. The summed E-state index contributed by atoms with van der Waals surface area (Å²) in [5.74, 6) is 0.0148. The minimum Gasteiger partial charge on any atom is -0.476 e. The molecule has 0 spiro atoms. The highest BCUT2D eigenvalue weighted by molar-refractivity contribution is 6.32. The van der Waals surface area contributed by atoms with E-state index in [2.05, 4.69) is 5.32 Å². The lowest BCUT2D eigenvalue weighted by Gasteiger charge is -2.21. The monoisotopic (exact) mass is 458 g/mol. The van der Waals surface area contributed by atoms with Gasteiger partial charge < -0.3 is 20.4 Å². The molecule has 0 saturated heterocycles. The Morgan fingerprint density at radius 3 is 2.45 bits per heavy atom. The zero-order valence-corrected chi connectivity index (χ0v) is 18.7. The minimum absolute atomic E-state index is 0.0748. The maximum Gasteiger partial charge on any atom is 0.270 e. The van der Waals surface area contributed by atoms with Gasteiger partial charge in [-0.3, -0.25) is 10.2 Å². The number of hydrogen-bond acceptors (Lipinski definition) is 3. The van der Waals surface area contributed by atoms with Gasteiger partial charge in [0.25, 0.3) is 5.91 Å². The molecule has 0 fully saturated rings. The van der Waals surface area contributed by atoms with Crippen molar-refractivity contribution in [2.45, 2.75) is 13.0 Å². The standard InChI is InChI=1S/C26H23ClN4O2/c1-17-14-23(31-12-5-6-13-31)21(27)16-22(17)30-26(32)24(18-8-3-2-4-9-18)33-20-11-7-10-19(15-20)25(28)29/h2-16,24H,1H3,(H3,28,29)(H,30,32). The average Bonchev–Trinajstić information content (AvgIpc) is 3.35. The van der Waals surface area contributed by atoms with Gasteiger partial charge in [0.1, 0.15) is 11.6 Å². The highest BCUT2D eigenvalue weighted by atomic mass is 35.5. The van der Waals surface area contributed by atoms with Crippen LogP contribution in [0.15, 0.2) is 91.3 Å². The van der Waals surface area contributed by atoms with Crippen molar-refractivity contribution in [3.63, 3.8) is 0 Å². The van der Waals surface area contributed by atoms with E-state index in [-0.39, 0.29) is 11.7 Å². The second-order valence-corrected chi connectivity index (χ2v) is 7.96. The number of aryl methyl sites for hydroxylation is 1. The normalized spacial score (nSPS) is 11.6. The first kappa shape index (κ1) is 22.2. The zero-order valence-electron chi connectivity index (χ0n) is 18.0. The van der Waals surface area contributed by atoms with E-state index >= 15 is 0 Å². The lowest BCUT2D eigenvalue weighted by molar-refractivity contribution is -0.123. The number of amidine groups is 1. The fourth-order valence-corrected chi connectivity index (χ4v) is 3.73. The number of hydrogen-bond donors (Lipinski definition) is 3. The lowest BCUT2D eigenvalue weighted by atomic mass is 10.1. The van der Waals surface area contributed by atoms with E-state index in [1.165, 1.54) is 0 Å². The number of amides is 1. The maximum absolute atomic E-state index is 13.4. The minimum atomic E-state index is -0.921. The van der Waals surface area contributed by atoms with Crippen LogP contribution in [0.4, 0.5) is 5.69 Å². The number of nitrogens with zero attached hydrogens (tertiary/aromatic N) is 1. The molecule has 6 nitrogen and oxygen atoms in total. The van der Waals surface area contributed by atoms with Crippen molar-refractivity contribution in [1.82, 2.24) is 4.57 Å². The predicted octanol–water partition coefficient (Wildman–Crippen LogP) is 5.48. The van der Waals surface area contributed by atoms with Crippen LogP contribution in [0.1, 0.15) is 22.8 Å². The maximum atomic E-state index is 13.4. The van der Waals surface area contributed by atoms with Gasteiger partial charge in [-0.15, -0.1) is 0 Å². The van der Waals surface area contributed by atoms with E-state index in [9.17, 15) is 4.79 Å². The van der Waals surface area contributed by atoms with E-state index in [4.69, 9.17) is 27.5 Å². The van der Waals surface area contributed by atoms with Crippen LogP contribution in [0.5, 0.6) is 5.75 Å². The van der Waals surface area contributed by atoms with Crippen LogP contribution in [0.2, 0.25) is 5.02 Å². The molecule has 4 aromatic rings. The molecule has 1 atom stereocenters. The summed E-state index contributed by atoms with van der Waals surface area (Å²) in [6, 6.07) is 23.5. The molecule has 3 aromatic carbocycles. The molecule has 0 radical (unpaired) electrons. The summed E-state index contributed by atoms with van der Waals surface area (Å²) in [5, 5.41) is 11.1. The number of rotatable bonds is 7. The summed E-state index contributed by atoms with van der Waals surface area (Å²) in [4.78, 5) is 13.4. The van der Waals surface area contributed by atoms with Crippen molar-refractivity contribution in [2.75, 3.05) is 5.32 Å². The molecule has 0 aliphatic carbocycles. The highest BCUT2D eigenvalue weighted by Crippen LogP contribution is 2.30. The van der Waals surface area contributed by atoms with E-state index in [0.717, 1.165) is 11.3 Å². The van der Waals surface area contributed by atoms with Gasteiger partial charge in [-0.25, -0.2) is 0 Å². The number of nitrogens with one attached hydrogen (secondary N) is 2. The average molecular weight is 459 g/mol. The number of carbonyl (C=O) groups excluding carboxylic acids is 1. The van der Waals surface area contributed by atoms with E-state index in [1.807, 2.05) is 72.4 Å². The third-order valence-electron chi connectivity index (χ3n) is 5.17. The van der Waals surface area contributed by atoms with Crippen molar-refractivity contribution < 1.29 is 9.53 Å². The molecule has 0 aliphatic heterocycles. The van der Waals surface area contributed by atoms with Crippen LogP contribution >= 0.6 is 11.6 Å². The molecule has 1 aromatic heterocycles. The zero-order chi connectivity index (χ0) is 23.4. The number of halogens is 1. The first-order valence-corrected chi connectivity index (χ1v) is 10.7. The van der Waals surface area contributed by atoms with Gasteiger partial charge in [-0.2, -0.15) is 0 Å². The number of anilines is 1. The number of ether oxygens (including phenoxy) is 1. The van der Waals surface area contributed by atoms with Crippen molar-refractivity contribution in [3.8, 4) is 11.4 Å². The van der Waals surface area contributed by atoms with Gasteiger partial charge in [0, 0.05) is 29.2 Å². The third kappa shape index (κ3) is 5.07. The second kappa shape index (κ2) is 9.63. The summed E-state index contributed by atoms with van der Waals surface area (Å²) in [7, 11) is 0. The van der Waals surface area contributed by atoms with Crippen molar-refractivity contribution in [1.29, 1.82) is 5.41 Å². The number of aromatic nitrogens is 1.